The Kier molecular flexibility index (Phi) is 8.84. The number of nitrogens with one attached hydrogen (secondary N) is 2. The third-order valence-corrected chi connectivity index (χ3v) is 11.7. The van der Waals surface area contributed by atoms with Crippen LogP contribution in [-0.2, 0) is 21.7 Å². The van der Waals surface area contributed by atoms with Crippen molar-refractivity contribution in [2.75, 3.05) is 22.1 Å². The lowest BCUT2D eigenvalue weighted by Crippen LogP contribution is -2.45. The normalized spacial score (nSPS) is 21.9. The van der Waals surface area contributed by atoms with Gasteiger partial charge < -0.3 is 29.5 Å². The molecule has 2 aliphatic heterocycles. The summed E-state index contributed by atoms with van der Waals surface area (Å²) >= 11 is 0. The summed E-state index contributed by atoms with van der Waals surface area (Å²) in [4.78, 5) is 42.0. The van der Waals surface area contributed by atoms with Crippen LogP contribution in [0.1, 0.15) is 45.2 Å². The molecule has 8 nitrogen and oxygen atoms in total. The number of amides is 3. The quantitative estimate of drug-likeness (QED) is 0.135. The van der Waals surface area contributed by atoms with Gasteiger partial charge in [-0.05, 0) is 79.7 Å². The average molecular weight is 652 g/mol. The maximum atomic E-state index is 15.9. The minimum absolute atomic E-state index is 0.195. The molecule has 0 saturated carbocycles. The first-order valence-electron chi connectivity index (χ1n) is 15.8. The smallest absolute Gasteiger partial charge is 0.264 e. The Morgan fingerprint density at radius 3 is 1.98 bits per heavy atom. The molecular weight excluding hydrogens is 614 g/mol. The van der Waals surface area contributed by atoms with Crippen LogP contribution in [0.5, 0.6) is 0 Å². The zero-order valence-corrected chi connectivity index (χ0v) is 27.6. The molecule has 3 amide bonds. The summed E-state index contributed by atoms with van der Waals surface area (Å²) in [5, 5.41) is 15.7. The third kappa shape index (κ3) is 6.11. The summed E-state index contributed by atoms with van der Waals surface area (Å²) in [6.07, 6.45) is -0.436. The molecule has 2 aliphatic rings. The molecule has 0 aromatic heterocycles. The number of aliphatic hydroxyl groups excluding tert-OH is 1. The first-order valence-corrected chi connectivity index (χ1v) is 18.7. The molecule has 0 unspecified atom stereocenters. The lowest BCUT2D eigenvalue weighted by molar-refractivity contribution is -0.146. The first kappa shape index (κ1) is 32.3. The van der Waals surface area contributed by atoms with Crippen molar-refractivity contribution < 1.29 is 28.3 Å². The largest absolute Gasteiger partial charge is 0.396 e. The predicted octanol–water partition coefficient (Wildman–Crippen LogP) is 6.90. The fourth-order valence-corrected chi connectivity index (χ4v) is 9.68. The van der Waals surface area contributed by atoms with E-state index < -0.39 is 31.6 Å². The Balaban J connectivity index is 1.33. The maximum Gasteiger partial charge on any atom is 0.264 e. The van der Waals surface area contributed by atoms with Gasteiger partial charge in [-0.25, -0.2) is 0 Å². The highest BCUT2D eigenvalue weighted by atomic mass is 28.4. The molecule has 6 rings (SSSR count). The van der Waals surface area contributed by atoms with Crippen LogP contribution in [0, 0.1) is 5.92 Å². The Morgan fingerprint density at radius 2 is 1.43 bits per heavy atom. The summed E-state index contributed by atoms with van der Waals surface area (Å²) in [6.45, 7) is 5.11. The lowest BCUT2D eigenvalue weighted by atomic mass is 9.82. The van der Waals surface area contributed by atoms with E-state index in [0.717, 1.165) is 5.56 Å². The summed E-state index contributed by atoms with van der Waals surface area (Å²) in [5.74, 6) is -1.36. The highest BCUT2D eigenvalue weighted by molar-refractivity contribution is 6.72. The topological polar surface area (TPSA) is 108 Å². The second kappa shape index (κ2) is 12.9. The molecule has 4 aromatic carbocycles. The molecule has 3 N–H and O–H groups in total. The van der Waals surface area contributed by atoms with Crippen molar-refractivity contribution in [1.29, 1.82) is 0 Å². The highest BCUT2D eigenvalue weighted by Crippen LogP contribution is 2.60. The van der Waals surface area contributed by atoms with Gasteiger partial charge in [0.05, 0.1) is 18.3 Å². The van der Waals surface area contributed by atoms with Gasteiger partial charge in [0.25, 0.3) is 17.7 Å². The molecule has 1 fully saturated rings. The van der Waals surface area contributed by atoms with E-state index in [9.17, 15) is 19.5 Å². The number of fused-ring (bicyclic) bond motifs is 2. The van der Waals surface area contributed by atoms with Crippen LogP contribution < -0.4 is 15.5 Å². The number of hydrogen-bond acceptors (Lipinski definition) is 5. The number of rotatable bonds is 9. The van der Waals surface area contributed by atoms with Crippen molar-refractivity contribution in [2.45, 2.75) is 50.2 Å². The van der Waals surface area contributed by atoms with Gasteiger partial charge in [0.2, 0.25) is 8.41 Å². The average Bonchev–Trinajstić information content (AvgIpc) is 3.49. The number of anilines is 3. The van der Waals surface area contributed by atoms with E-state index in [1.54, 1.807) is 96.9 Å². The number of carbonyl (C=O) groups is 3. The van der Waals surface area contributed by atoms with Gasteiger partial charge in [-0.2, -0.15) is 0 Å². The van der Waals surface area contributed by atoms with Crippen molar-refractivity contribution in [1.82, 2.24) is 0 Å². The van der Waals surface area contributed by atoms with Crippen LogP contribution in [-0.4, -0.2) is 43.9 Å². The van der Waals surface area contributed by atoms with Crippen LogP contribution in [0.3, 0.4) is 0 Å². The number of halogens is 1. The summed E-state index contributed by atoms with van der Waals surface area (Å²) in [6, 6.07) is 30.3. The molecule has 0 bridgehead atoms. The van der Waals surface area contributed by atoms with E-state index >= 15 is 4.11 Å². The summed E-state index contributed by atoms with van der Waals surface area (Å²) in [5.41, 5.74) is 2.10. The van der Waals surface area contributed by atoms with Gasteiger partial charge in [0.1, 0.15) is 0 Å². The summed E-state index contributed by atoms with van der Waals surface area (Å²) < 4.78 is 22.6. The molecular formula is C37H38FN3O5Si. The zero-order valence-electron chi connectivity index (χ0n) is 26.6. The fourth-order valence-electron chi connectivity index (χ4n) is 7.14. The van der Waals surface area contributed by atoms with E-state index in [0.29, 0.717) is 33.8 Å². The van der Waals surface area contributed by atoms with E-state index in [1.807, 2.05) is 31.2 Å². The van der Waals surface area contributed by atoms with Crippen molar-refractivity contribution in [3.8, 4) is 0 Å². The zero-order chi connectivity index (χ0) is 33.3. The third-order valence-electron chi connectivity index (χ3n) is 9.26. The number of nitrogens with zero attached hydrogens (tertiary/aromatic N) is 1. The number of carbonyl (C=O) groups excluding carboxylic acids is 3. The van der Waals surface area contributed by atoms with Crippen LogP contribution in [0.15, 0.2) is 103 Å². The molecule has 4 aromatic rings. The molecule has 1 saturated heterocycles. The molecule has 242 valence electrons. The van der Waals surface area contributed by atoms with E-state index in [-0.39, 0.29) is 37.3 Å². The second-order valence-corrected chi connectivity index (χ2v) is 16.5. The minimum atomic E-state index is -3.37. The maximum absolute atomic E-state index is 15.9. The van der Waals surface area contributed by atoms with E-state index in [1.165, 1.54) is 0 Å². The number of hydrogen-bond donors (Lipinski definition) is 3. The van der Waals surface area contributed by atoms with Gasteiger partial charge in [0.15, 0.2) is 5.60 Å². The van der Waals surface area contributed by atoms with Crippen molar-refractivity contribution >= 4 is 43.2 Å². The number of benzene rings is 4. The standard InChI is InChI=1S/C37H38FN3O5Si/c1-24-33(47(2,3)38)32(20-21-42)46-37(24)30-22-29(40-35(44)27-12-8-5-9-13-27)18-19-31(30)41(36(37)45)23-25-14-16-28(17-15-25)39-34(43)26-10-6-4-7-11-26/h4-19,22,24,32-33,42H,20-21,23H2,1-3H3,(H,39,43)(H,40,44)/t24-,32+,33-,37+/m1/s1. The van der Waals surface area contributed by atoms with Crippen molar-refractivity contribution in [3.05, 3.63) is 125 Å². The Labute approximate surface area is 274 Å². The van der Waals surface area contributed by atoms with Crippen LogP contribution in [0.2, 0.25) is 18.6 Å². The molecule has 2 heterocycles. The van der Waals surface area contributed by atoms with Crippen LogP contribution >= 0.6 is 0 Å². The minimum Gasteiger partial charge on any atom is -0.396 e. The van der Waals surface area contributed by atoms with Crippen molar-refractivity contribution in [3.63, 3.8) is 0 Å². The Morgan fingerprint density at radius 1 is 0.872 bits per heavy atom. The van der Waals surface area contributed by atoms with Crippen LogP contribution in [0.4, 0.5) is 21.2 Å². The van der Waals surface area contributed by atoms with Gasteiger partial charge in [-0.15, -0.1) is 0 Å². The van der Waals surface area contributed by atoms with E-state index in [4.69, 9.17) is 4.74 Å². The van der Waals surface area contributed by atoms with Crippen LogP contribution in [0.25, 0.3) is 0 Å². The van der Waals surface area contributed by atoms with Gasteiger partial charge in [-0.3, -0.25) is 14.4 Å². The molecule has 1 spiro atoms. The molecule has 47 heavy (non-hydrogen) atoms. The SMILES string of the molecule is C[C@@H]1[C@@H]([Si](C)(C)F)[C@H](CCO)O[C@@]12C(=O)N(Cc1ccc(NC(=O)c3ccccc3)cc1)c1ccc(NC(=O)c3ccccc3)cc12. The van der Waals surface area contributed by atoms with Crippen molar-refractivity contribution in [2.24, 2.45) is 5.92 Å². The predicted molar refractivity (Wildman–Crippen MR) is 183 cm³/mol. The lowest BCUT2D eigenvalue weighted by Gasteiger charge is -2.31. The summed E-state index contributed by atoms with van der Waals surface area (Å²) in [7, 11) is -3.37. The van der Waals surface area contributed by atoms with Gasteiger partial charge in [0, 0.05) is 46.1 Å². The Bertz CT molecular complexity index is 1780. The highest BCUT2D eigenvalue weighted by Gasteiger charge is 2.66. The molecule has 0 radical (unpaired) electrons. The fraction of sp³-hybridized carbons (Fsp3) is 0.270. The van der Waals surface area contributed by atoms with Gasteiger partial charge >= 0.3 is 0 Å². The molecule has 4 atom stereocenters. The molecule has 10 heteroatoms. The van der Waals surface area contributed by atoms with Gasteiger partial charge in [-0.1, -0.05) is 55.5 Å². The second-order valence-electron chi connectivity index (χ2n) is 12.7. The monoisotopic (exact) mass is 651 g/mol. The van der Waals surface area contributed by atoms with E-state index in [2.05, 4.69) is 10.6 Å². The first-order chi connectivity index (χ1) is 22.5. The molecule has 0 aliphatic carbocycles. The Hall–Kier alpha value is -4.64. The number of ether oxygens (including phenoxy) is 1. The number of aliphatic hydroxyl groups is 1.